The Hall–Kier alpha value is -3.66. The number of nitrogens with one attached hydrogen (secondary N) is 3. The van der Waals surface area contributed by atoms with Crippen LogP contribution in [0.1, 0.15) is 37.1 Å². The number of anilines is 1. The van der Waals surface area contributed by atoms with Crippen LogP contribution in [0, 0.1) is 5.82 Å². The van der Waals surface area contributed by atoms with Gasteiger partial charge in [0.2, 0.25) is 5.88 Å². The quantitative estimate of drug-likeness (QED) is 0.366. The van der Waals surface area contributed by atoms with Crippen LogP contribution in [0.2, 0.25) is 5.02 Å². The Bertz CT molecular complexity index is 1500. The molecule has 4 aromatic rings. The maximum atomic E-state index is 14.3. The van der Waals surface area contributed by atoms with Gasteiger partial charge < -0.3 is 15.4 Å². The number of fused-ring (bicyclic) bond motifs is 1. The molecule has 3 aromatic heterocycles. The Morgan fingerprint density at radius 2 is 2.19 bits per heavy atom. The molecule has 32 heavy (non-hydrogen) atoms. The van der Waals surface area contributed by atoms with Crippen LogP contribution in [0.15, 0.2) is 40.2 Å². The molecule has 4 N–H and O–H groups in total. The van der Waals surface area contributed by atoms with E-state index in [-0.39, 0.29) is 23.4 Å². The second-order valence-electron chi connectivity index (χ2n) is 7.71. The smallest absolute Gasteiger partial charge is 0.326 e. The van der Waals surface area contributed by atoms with E-state index in [9.17, 15) is 14.3 Å². The van der Waals surface area contributed by atoms with Gasteiger partial charge in [0, 0.05) is 21.9 Å². The summed E-state index contributed by atoms with van der Waals surface area (Å²) in [6, 6.07) is 5.98. The van der Waals surface area contributed by atoms with Gasteiger partial charge in [0.15, 0.2) is 11.1 Å². The summed E-state index contributed by atoms with van der Waals surface area (Å²) in [5.41, 5.74) is 1.16. The second-order valence-corrected chi connectivity index (χ2v) is 8.15. The van der Waals surface area contributed by atoms with Crippen molar-refractivity contribution in [2.75, 3.05) is 5.32 Å². The number of nitrogens with zero attached hydrogens (tertiary/aromatic N) is 4. The van der Waals surface area contributed by atoms with E-state index in [1.165, 1.54) is 12.1 Å². The van der Waals surface area contributed by atoms with E-state index in [0.717, 1.165) is 12.8 Å². The standard InChI is InChI=1S/C21H19ClFN7O2/c1-10(14-7-12(22)2-5-15(14)23)25-17-8-18(26-13-3-4-13)30-19(28-17)11(9-24-30)6-16-20(31)29-21(32)27-16/h2,5-10,13,25,31H,3-4H2,1H3,(H2,27,29,32)/b11-6-,26-18?/t10-/m0/s1. The minimum Gasteiger partial charge on any atom is -0.493 e. The van der Waals surface area contributed by atoms with Gasteiger partial charge in [0.25, 0.3) is 0 Å². The molecule has 0 radical (unpaired) electrons. The molecule has 164 valence electrons. The molecule has 0 saturated heterocycles. The van der Waals surface area contributed by atoms with E-state index in [1.54, 1.807) is 28.9 Å². The summed E-state index contributed by atoms with van der Waals surface area (Å²) in [4.78, 5) is 25.6. The first-order valence-corrected chi connectivity index (χ1v) is 10.4. The van der Waals surface area contributed by atoms with E-state index >= 15 is 0 Å². The first-order valence-electron chi connectivity index (χ1n) is 10.0. The van der Waals surface area contributed by atoms with Crippen molar-refractivity contribution in [1.82, 2.24) is 24.6 Å². The molecule has 0 bridgehead atoms. The van der Waals surface area contributed by atoms with Gasteiger partial charge in [0.05, 0.1) is 18.3 Å². The first kappa shape index (κ1) is 20.3. The summed E-state index contributed by atoms with van der Waals surface area (Å²) >= 11 is 6.04. The number of halogens is 2. The molecule has 11 heteroatoms. The van der Waals surface area contributed by atoms with Gasteiger partial charge in [-0.1, -0.05) is 11.6 Å². The zero-order chi connectivity index (χ0) is 22.4. The zero-order valence-electron chi connectivity index (χ0n) is 16.9. The summed E-state index contributed by atoms with van der Waals surface area (Å²) in [6.07, 6.45) is 5.15. The number of hydrogen-bond acceptors (Lipinski definition) is 6. The highest BCUT2D eigenvalue weighted by Gasteiger charge is 2.21. The molecule has 1 aliphatic carbocycles. The molecule has 9 nitrogen and oxygen atoms in total. The van der Waals surface area contributed by atoms with Crippen molar-refractivity contribution in [2.24, 2.45) is 4.99 Å². The molecular weight excluding hydrogens is 437 g/mol. The number of aromatic amines is 2. The molecular formula is C21H19ClFN7O2. The van der Waals surface area contributed by atoms with Crippen LogP contribution in [0.25, 0.3) is 11.7 Å². The van der Waals surface area contributed by atoms with Gasteiger partial charge in [-0.2, -0.15) is 9.61 Å². The van der Waals surface area contributed by atoms with E-state index in [0.29, 0.717) is 32.8 Å². The van der Waals surface area contributed by atoms with Crippen molar-refractivity contribution in [3.8, 4) is 5.88 Å². The number of imidazole rings is 1. The molecule has 0 spiro atoms. The average Bonchev–Trinajstić information content (AvgIpc) is 3.38. The van der Waals surface area contributed by atoms with Crippen molar-refractivity contribution in [3.63, 3.8) is 0 Å². The number of aromatic nitrogens is 5. The Balaban J connectivity index is 1.62. The predicted octanol–water partition coefficient (Wildman–Crippen LogP) is 2.03. The Morgan fingerprint density at radius 3 is 2.91 bits per heavy atom. The molecule has 1 fully saturated rings. The number of H-pyrrole nitrogens is 2. The highest BCUT2D eigenvalue weighted by atomic mass is 35.5. The fourth-order valence-electron chi connectivity index (χ4n) is 3.42. The maximum Gasteiger partial charge on any atom is 0.326 e. The predicted molar refractivity (Wildman–Crippen MR) is 117 cm³/mol. The third-order valence-corrected chi connectivity index (χ3v) is 5.40. The molecule has 0 aliphatic heterocycles. The van der Waals surface area contributed by atoms with E-state index < -0.39 is 11.7 Å². The zero-order valence-corrected chi connectivity index (χ0v) is 17.7. The molecule has 0 unspecified atom stereocenters. The average molecular weight is 456 g/mol. The van der Waals surface area contributed by atoms with Gasteiger partial charge in [0.1, 0.15) is 17.3 Å². The van der Waals surface area contributed by atoms with Crippen LogP contribution in [0.3, 0.4) is 0 Å². The van der Waals surface area contributed by atoms with Gasteiger partial charge in [-0.3, -0.25) is 9.98 Å². The third kappa shape index (κ3) is 3.96. The van der Waals surface area contributed by atoms with Gasteiger partial charge in [-0.05, 0) is 44.0 Å². The van der Waals surface area contributed by atoms with Crippen LogP contribution in [-0.4, -0.2) is 35.7 Å². The van der Waals surface area contributed by atoms with Gasteiger partial charge in [-0.15, -0.1) is 0 Å². The van der Waals surface area contributed by atoms with Crippen LogP contribution in [-0.2, 0) is 0 Å². The lowest BCUT2D eigenvalue weighted by Gasteiger charge is -2.16. The maximum absolute atomic E-state index is 14.3. The summed E-state index contributed by atoms with van der Waals surface area (Å²) in [5.74, 6) is -0.175. The van der Waals surface area contributed by atoms with Crippen LogP contribution in [0.4, 0.5) is 10.2 Å². The fraction of sp³-hybridized carbons (Fsp3) is 0.238. The number of benzene rings is 1. The highest BCUT2D eigenvalue weighted by Crippen LogP contribution is 2.24. The topological polar surface area (TPSA) is 123 Å². The summed E-state index contributed by atoms with van der Waals surface area (Å²) in [7, 11) is 0. The Kier molecular flexibility index (Phi) is 4.93. The largest absolute Gasteiger partial charge is 0.493 e. The normalized spacial score (nSPS) is 16.1. The van der Waals surface area contributed by atoms with Crippen molar-refractivity contribution in [3.05, 3.63) is 73.8 Å². The minimum absolute atomic E-state index is 0.208. The summed E-state index contributed by atoms with van der Waals surface area (Å²) in [5, 5.41) is 18.5. The molecule has 1 atom stereocenters. The summed E-state index contributed by atoms with van der Waals surface area (Å²) in [6.45, 7) is 1.81. The van der Waals surface area contributed by atoms with Crippen molar-refractivity contribution >= 4 is 29.1 Å². The van der Waals surface area contributed by atoms with Crippen molar-refractivity contribution in [1.29, 1.82) is 0 Å². The number of hydrogen-bond donors (Lipinski definition) is 4. The summed E-state index contributed by atoms with van der Waals surface area (Å²) < 4.78 is 15.9. The Morgan fingerprint density at radius 1 is 1.38 bits per heavy atom. The van der Waals surface area contributed by atoms with Crippen LogP contribution >= 0.6 is 11.6 Å². The van der Waals surface area contributed by atoms with Gasteiger partial charge in [-0.25, -0.2) is 14.2 Å². The second kappa shape index (κ2) is 7.79. The van der Waals surface area contributed by atoms with Crippen LogP contribution in [0.5, 0.6) is 5.88 Å². The van der Waals surface area contributed by atoms with E-state index in [4.69, 9.17) is 16.6 Å². The molecule has 1 aliphatic rings. The molecule has 0 amide bonds. The monoisotopic (exact) mass is 455 g/mol. The van der Waals surface area contributed by atoms with Gasteiger partial charge >= 0.3 is 5.69 Å². The third-order valence-electron chi connectivity index (χ3n) is 5.17. The Labute approximate surface area is 185 Å². The minimum atomic E-state index is -0.526. The van der Waals surface area contributed by atoms with Crippen LogP contribution < -0.4 is 21.7 Å². The number of rotatable bonds is 5. The molecule has 1 aromatic carbocycles. The lowest BCUT2D eigenvalue weighted by molar-refractivity contribution is 0.454. The van der Waals surface area contributed by atoms with E-state index in [1.807, 2.05) is 6.92 Å². The van der Waals surface area contributed by atoms with Crippen molar-refractivity contribution < 1.29 is 9.50 Å². The highest BCUT2D eigenvalue weighted by molar-refractivity contribution is 6.30. The SMILES string of the molecule is C[C@H](Nc1cc(=NC2CC2)n2nc/c(=C/c3[nH]c(=O)[nH]c3O)c2n1)c1cc(Cl)ccc1F. The van der Waals surface area contributed by atoms with E-state index in [2.05, 4.69) is 25.4 Å². The first-order chi connectivity index (χ1) is 15.4. The van der Waals surface area contributed by atoms with Crippen molar-refractivity contribution in [2.45, 2.75) is 31.8 Å². The molecule has 3 heterocycles. The lowest BCUT2D eigenvalue weighted by Crippen LogP contribution is -2.21. The molecule has 5 rings (SSSR count). The fourth-order valence-corrected chi connectivity index (χ4v) is 3.60. The lowest BCUT2D eigenvalue weighted by atomic mass is 10.1. The molecule has 1 saturated carbocycles. The number of aromatic hydroxyl groups is 1.